The Morgan fingerprint density at radius 2 is 2.00 bits per heavy atom. The summed E-state index contributed by atoms with van der Waals surface area (Å²) in [6, 6.07) is 7.00. The summed E-state index contributed by atoms with van der Waals surface area (Å²) in [7, 11) is 0. The first-order chi connectivity index (χ1) is 15.4. The molecule has 1 aromatic heterocycles. The molecule has 2 aliphatic heterocycles. The van der Waals surface area contributed by atoms with Crippen molar-refractivity contribution in [3.63, 3.8) is 0 Å². The fraction of sp³-hybridized carbons (Fsp3) is 0.429. The number of hydrogen-bond donors (Lipinski definition) is 2. The molecular formula is C21H20N6O5. The van der Waals surface area contributed by atoms with Crippen molar-refractivity contribution < 1.29 is 23.9 Å². The molecule has 1 unspecified atom stereocenters. The summed E-state index contributed by atoms with van der Waals surface area (Å²) in [5, 5.41) is 24.0. The third-order valence-electron chi connectivity index (χ3n) is 5.73. The van der Waals surface area contributed by atoms with Crippen molar-refractivity contribution in [3.8, 4) is 12.1 Å². The second-order valence-corrected chi connectivity index (χ2v) is 7.89. The Balaban J connectivity index is 1.51. The van der Waals surface area contributed by atoms with E-state index in [1.54, 1.807) is 17.0 Å². The zero-order valence-corrected chi connectivity index (χ0v) is 17.0. The summed E-state index contributed by atoms with van der Waals surface area (Å²) >= 11 is 0. The van der Waals surface area contributed by atoms with E-state index in [2.05, 4.69) is 21.7 Å². The van der Waals surface area contributed by atoms with Gasteiger partial charge < -0.3 is 20.1 Å². The minimum absolute atomic E-state index is 0.00862. The van der Waals surface area contributed by atoms with Gasteiger partial charge in [0.2, 0.25) is 5.91 Å². The van der Waals surface area contributed by atoms with Gasteiger partial charge in [-0.1, -0.05) is 0 Å². The van der Waals surface area contributed by atoms with E-state index < -0.39 is 23.3 Å². The van der Waals surface area contributed by atoms with Crippen molar-refractivity contribution in [3.05, 3.63) is 36.0 Å². The van der Waals surface area contributed by atoms with Gasteiger partial charge in [-0.3, -0.25) is 9.69 Å². The second-order valence-electron chi connectivity index (χ2n) is 7.89. The van der Waals surface area contributed by atoms with E-state index in [9.17, 15) is 19.6 Å². The summed E-state index contributed by atoms with van der Waals surface area (Å²) in [6.07, 6.45) is 4.91. The quantitative estimate of drug-likeness (QED) is 0.580. The third kappa shape index (κ3) is 4.11. The van der Waals surface area contributed by atoms with Crippen molar-refractivity contribution in [2.45, 2.75) is 36.6 Å². The van der Waals surface area contributed by atoms with Crippen LogP contribution in [0.3, 0.4) is 0 Å². The largest absolute Gasteiger partial charge is 0.416 e. The molecule has 2 fully saturated rings. The van der Waals surface area contributed by atoms with E-state index in [1.807, 2.05) is 6.07 Å². The average Bonchev–Trinajstić information content (AvgIpc) is 3.16. The SMILES string of the molecule is N#Cc1ccc(NCC2(NC(=O)CN3CCC[C@H]3C#N)CC23OC(=O)C=CC(=O)O3)nc1. The normalized spacial score (nSPS) is 25.8. The molecule has 1 amide bonds. The minimum Gasteiger partial charge on any atom is -0.416 e. The number of nitrogens with one attached hydrogen (secondary N) is 2. The Labute approximate surface area is 183 Å². The predicted molar refractivity (Wildman–Crippen MR) is 107 cm³/mol. The van der Waals surface area contributed by atoms with Gasteiger partial charge in [0.15, 0.2) is 0 Å². The predicted octanol–water partition coefficient (Wildman–Crippen LogP) is -0.0356. The van der Waals surface area contributed by atoms with Crippen LogP contribution in [0.25, 0.3) is 0 Å². The number of likely N-dealkylation sites (tertiary alicyclic amines) is 1. The van der Waals surface area contributed by atoms with E-state index >= 15 is 0 Å². The van der Waals surface area contributed by atoms with Crippen LogP contribution in [0.5, 0.6) is 0 Å². The highest BCUT2D eigenvalue weighted by molar-refractivity contribution is 5.94. The first kappa shape index (κ1) is 21.3. The molecule has 164 valence electrons. The number of rotatable bonds is 6. The van der Waals surface area contributed by atoms with E-state index in [0.29, 0.717) is 24.3 Å². The Kier molecular flexibility index (Phi) is 5.51. The molecular weight excluding hydrogens is 416 g/mol. The molecule has 11 heteroatoms. The highest BCUT2D eigenvalue weighted by Gasteiger charge is 2.76. The highest BCUT2D eigenvalue weighted by Crippen LogP contribution is 2.53. The molecule has 11 nitrogen and oxygen atoms in total. The molecule has 3 heterocycles. The maximum atomic E-state index is 12.8. The van der Waals surface area contributed by atoms with Crippen LogP contribution in [0.2, 0.25) is 0 Å². The molecule has 0 bridgehead atoms. The van der Waals surface area contributed by atoms with Crippen LogP contribution in [-0.2, 0) is 23.9 Å². The molecule has 3 aliphatic rings. The monoisotopic (exact) mass is 436 g/mol. The molecule has 1 saturated heterocycles. The van der Waals surface area contributed by atoms with Crippen molar-refractivity contribution in [1.29, 1.82) is 10.5 Å². The van der Waals surface area contributed by atoms with Crippen LogP contribution in [0, 0.1) is 22.7 Å². The topological polar surface area (TPSA) is 157 Å². The van der Waals surface area contributed by atoms with Crippen LogP contribution in [0.1, 0.15) is 24.8 Å². The first-order valence-electron chi connectivity index (χ1n) is 10.1. The standard InChI is InChI=1S/C21H20N6O5/c22-8-14-3-4-16(24-10-14)25-13-20(12-21(20)31-18(29)5-6-19(30)32-21)26-17(28)11-27-7-1-2-15(27)9-23/h3-6,10,15H,1-2,7,11-13H2,(H,24,25)(H,26,28)/t15-,20?/m0/s1. The number of nitriles is 2. The zero-order chi connectivity index (χ0) is 22.8. The van der Waals surface area contributed by atoms with Crippen LogP contribution in [0.4, 0.5) is 5.82 Å². The number of carbonyl (C=O) groups is 3. The molecule has 1 spiro atoms. The summed E-state index contributed by atoms with van der Waals surface area (Å²) in [5.41, 5.74) is -0.837. The third-order valence-corrected chi connectivity index (χ3v) is 5.73. The first-order valence-corrected chi connectivity index (χ1v) is 10.1. The number of amides is 1. The molecule has 1 saturated carbocycles. The van der Waals surface area contributed by atoms with Crippen molar-refractivity contribution in [1.82, 2.24) is 15.2 Å². The fourth-order valence-electron chi connectivity index (χ4n) is 4.01. The lowest BCUT2D eigenvalue weighted by Gasteiger charge is -2.27. The summed E-state index contributed by atoms with van der Waals surface area (Å²) in [4.78, 5) is 42.8. The van der Waals surface area contributed by atoms with Crippen molar-refractivity contribution >= 4 is 23.7 Å². The molecule has 1 aromatic rings. The number of aromatic nitrogens is 1. The van der Waals surface area contributed by atoms with Gasteiger partial charge in [0.25, 0.3) is 5.79 Å². The average molecular weight is 436 g/mol. The number of esters is 2. The van der Waals surface area contributed by atoms with Gasteiger partial charge in [0, 0.05) is 31.4 Å². The minimum atomic E-state index is -1.65. The lowest BCUT2D eigenvalue weighted by molar-refractivity contribution is -0.193. The van der Waals surface area contributed by atoms with Gasteiger partial charge in [0.05, 0.1) is 30.6 Å². The van der Waals surface area contributed by atoms with Gasteiger partial charge in [-0.25, -0.2) is 14.6 Å². The van der Waals surface area contributed by atoms with Crippen molar-refractivity contribution in [2.75, 3.05) is 25.0 Å². The lowest BCUT2D eigenvalue weighted by Crippen LogP contribution is -2.53. The maximum absolute atomic E-state index is 12.8. The summed E-state index contributed by atoms with van der Waals surface area (Å²) < 4.78 is 10.8. The highest BCUT2D eigenvalue weighted by atomic mass is 16.7. The van der Waals surface area contributed by atoms with Crippen LogP contribution in [0.15, 0.2) is 30.5 Å². The second kappa shape index (κ2) is 8.29. The molecule has 32 heavy (non-hydrogen) atoms. The summed E-state index contributed by atoms with van der Waals surface area (Å²) in [5.74, 6) is -3.13. The lowest BCUT2D eigenvalue weighted by atomic mass is 10.2. The van der Waals surface area contributed by atoms with Crippen LogP contribution < -0.4 is 10.6 Å². The molecule has 0 aromatic carbocycles. The maximum Gasteiger partial charge on any atom is 0.334 e. The zero-order valence-electron chi connectivity index (χ0n) is 17.0. The van der Waals surface area contributed by atoms with E-state index in [0.717, 1.165) is 18.6 Å². The van der Waals surface area contributed by atoms with E-state index in [4.69, 9.17) is 14.7 Å². The Hall–Kier alpha value is -3.96. The Morgan fingerprint density at radius 1 is 1.25 bits per heavy atom. The van der Waals surface area contributed by atoms with Gasteiger partial charge in [-0.15, -0.1) is 0 Å². The smallest absolute Gasteiger partial charge is 0.334 e. The molecule has 4 rings (SSSR count). The van der Waals surface area contributed by atoms with Crippen molar-refractivity contribution in [2.24, 2.45) is 0 Å². The molecule has 2 atom stereocenters. The number of anilines is 1. The molecule has 0 radical (unpaired) electrons. The van der Waals surface area contributed by atoms with E-state index in [-0.39, 0.29) is 31.5 Å². The molecule has 2 N–H and O–H groups in total. The van der Waals surface area contributed by atoms with Crippen LogP contribution in [-0.4, -0.2) is 64.7 Å². The fourth-order valence-corrected chi connectivity index (χ4v) is 4.01. The van der Waals surface area contributed by atoms with Gasteiger partial charge >= 0.3 is 11.9 Å². The Morgan fingerprint density at radius 3 is 2.62 bits per heavy atom. The summed E-state index contributed by atoms with van der Waals surface area (Å²) in [6.45, 7) is 0.663. The van der Waals surface area contributed by atoms with Gasteiger partial charge in [0.1, 0.15) is 17.4 Å². The molecule has 1 aliphatic carbocycles. The number of nitrogens with zero attached hydrogens (tertiary/aromatic N) is 4. The number of hydrogen-bond acceptors (Lipinski definition) is 10. The number of pyridine rings is 1. The van der Waals surface area contributed by atoms with Crippen LogP contribution >= 0.6 is 0 Å². The van der Waals surface area contributed by atoms with Gasteiger partial charge in [-0.2, -0.15) is 10.5 Å². The van der Waals surface area contributed by atoms with Gasteiger partial charge in [-0.05, 0) is 25.0 Å². The Bertz CT molecular complexity index is 1040. The number of ether oxygens (including phenoxy) is 2. The van der Waals surface area contributed by atoms with E-state index in [1.165, 1.54) is 6.20 Å². The number of carbonyl (C=O) groups excluding carboxylic acids is 3.